The SMILES string of the molecule is Cc1c(Cc2ccc3c(c2)C(F)(F)CCS3)c2cc(F)ccc2n1CC(N=N)=NN. The molecule has 0 aliphatic carbocycles. The number of hydrogen-bond donors (Lipinski definition) is 2. The maximum atomic E-state index is 14.4. The first-order valence-corrected chi connectivity index (χ1v) is 10.4. The van der Waals surface area contributed by atoms with Crippen molar-refractivity contribution in [2.45, 2.75) is 37.1 Å². The molecule has 0 saturated carbocycles. The van der Waals surface area contributed by atoms with E-state index in [2.05, 4.69) is 10.2 Å². The predicted octanol–water partition coefficient (Wildman–Crippen LogP) is 5.57. The van der Waals surface area contributed by atoms with E-state index in [4.69, 9.17) is 11.4 Å². The molecule has 1 aromatic heterocycles. The molecule has 0 amide bonds. The number of rotatable bonds is 4. The van der Waals surface area contributed by atoms with E-state index in [-0.39, 0.29) is 30.2 Å². The summed E-state index contributed by atoms with van der Waals surface area (Å²) in [5.74, 6) is 2.60. The number of benzene rings is 2. The van der Waals surface area contributed by atoms with E-state index in [9.17, 15) is 13.2 Å². The maximum absolute atomic E-state index is 14.4. The van der Waals surface area contributed by atoms with Crippen LogP contribution >= 0.6 is 11.8 Å². The van der Waals surface area contributed by atoms with Gasteiger partial charge < -0.3 is 10.4 Å². The lowest BCUT2D eigenvalue weighted by molar-refractivity contribution is -0.0116. The van der Waals surface area contributed by atoms with Gasteiger partial charge in [0.1, 0.15) is 5.82 Å². The molecule has 0 fully saturated rings. The fourth-order valence-electron chi connectivity index (χ4n) is 3.92. The number of halogens is 3. The summed E-state index contributed by atoms with van der Waals surface area (Å²) in [6.45, 7) is 2.03. The van der Waals surface area contributed by atoms with Crippen LogP contribution in [0.25, 0.3) is 10.9 Å². The number of hydrogen-bond acceptors (Lipinski definition) is 4. The monoisotopic (exact) mass is 431 g/mol. The minimum absolute atomic E-state index is 0.0642. The molecule has 2 heterocycles. The van der Waals surface area contributed by atoms with Crippen molar-refractivity contribution in [1.29, 1.82) is 5.53 Å². The second kappa shape index (κ2) is 7.79. The molecule has 1 aliphatic heterocycles. The van der Waals surface area contributed by atoms with Crippen LogP contribution in [0.1, 0.15) is 28.8 Å². The van der Waals surface area contributed by atoms with Crippen LogP contribution in [0.4, 0.5) is 13.2 Å². The number of nitrogens with zero attached hydrogens (tertiary/aromatic N) is 3. The highest BCUT2D eigenvalue weighted by molar-refractivity contribution is 7.99. The van der Waals surface area contributed by atoms with Crippen molar-refractivity contribution in [3.63, 3.8) is 0 Å². The largest absolute Gasteiger partial charge is 0.337 e. The lowest BCUT2D eigenvalue weighted by Crippen LogP contribution is -2.19. The van der Waals surface area contributed by atoms with Gasteiger partial charge in [-0.05, 0) is 54.8 Å². The first-order valence-electron chi connectivity index (χ1n) is 9.39. The molecule has 2 aromatic carbocycles. The van der Waals surface area contributed by atoms with Gasteiger partial charge in [-0.15, -0.1) is 16.9 Å². The summed E-state index contributed by atoms with van der Waals surface area (Å²) in [6, 6.07) is 9.60. The second-order valence-corrected chi connectivity index (χ2v) is 8.42. The summed E-state index contributed by atoms with van der Waals surface area (Å²) in [5, 5.41) is 7.51. The second-order valence-electron chi connectivity index (χ2n) is 7.28. The van der Waals surface area contributed by atoms with Crippen molar-refractivity contribution in [2.75, 3.05) is 5.75 Å². The number of fused-ring (bicyclic) bond motifs is 2. The fourth-order valence-corrected chi connectivity index (χ4v) is 5.03. The Morgan fingerprint density at radius 1 is 1.27 bits per heavy atom. The highest BCUT2D eigenvalue weighted by Gasteiger charge is 2.37. The third kappa shape index (κ3) is 3.58. The molecule has 0 bridgehead atoms. The average molecular weight is 431 g/mol. The lowest BCUT2D eigenvalue weighted by atomic mass is 9.97. The molecule has 4 rings (SSSR count). The molecule has 9 heteroatoms. The number of amidine groups is 1. The third-order valence-corrected chi connectivity index (χ3v) is 6.56. The standard InChI is InChI=1S/C21H20F3N5S/c1-12-15(8-13-2-5-19-17(9-13)21(23,24)6-7-30-19)16-10-14(22)3-4-18(16)29(12)11-20(27-25)28-26/h2-5,9-10,25H,6-8,11,26H2,1H3. The Labute approximate surface area is 175 Å². The molecule has 0 unspecified atom stereocenters. The molecular weight excluding hydrogens is 411 g/mol. The van der Waals surface area contributed by atoms with Gasteiger partial charge in [0.05, 0.1) is 6.54 Å². The van der Waals surface area contributed by atoms with E-state index in [1.807, 2.05) is 17.6 Å². The van der Waals surface area contributed by atoms with Gasteiger partial charge >= 0.3 is 0 Å². The Hall–Kier alpha value is -2.81. The molecule has 0 spiro atoms. The van der Waals surface area contributed by atoms with Crippen molar-refractivity contribution in [2.24, 2.45) is 16.1 Å². The van der Waals surface area contributed by atoms with Gasteiger partial charge in [-0.2, -0.15) is 5.10 Å². The molecule has 1 aliphatic rings. The molecule has 0 radical (unpaired) electrons. The third-order valence-electron chi connectivity index (χ3n) is 5.49. The first kappa shape index (κ1) is 20.5. The number of thioether (sulfide) groups is 1. The summed E-state index contributed by atoms with van der Waals surface area (Å²) in [4.78, 5) is 0.612. The van der Waals surface area contributed by atoms with Crippen LogP contribution < -0.4 is 5.84 Å². The highest BCUT2D eigenvalue weighted by atomic mass is 32.2. The number of alkyl halides is 2. The molecular formula is C21H20F3N5S. The quantitative estimate of drug-likeness (QED) is 0.186. The average Bonchev–Trinajstić information content (AvgIpc) is 2.97. The van der Waals surface area contributed by atoms with Gasteiger partial charge in [0.2, 0.25) is 0 Å². The summed E-state index contributed by atoms with van der Waals surface area (Å²) in [6.07, 6.45) is 0.204. The first-order chi connectivity index (χ1) is 14.3. The minimum atomic E-state index is -2.84. The summed E-state index contributed by atoms with van der Waals surface area (Å²) >= 11 is 1.44. The number of hydrazone groups is 1. The van der Waals surface area contributed by atoms with Gasteiger partial charge in [0.25, 0.3) is 5.92 Å². The van der Waals surface area contributed by atoms with Crippen LogP contribution in [0.2, 0.25) is 0 Å². The van der Waals surface area contributed by atoms with Crippen LogP contribution in [0, 0.1) is 18.3 Å². The molecule has 30 heavy (non-hydrogen) atoms. The van der Waals surface area contributed by atoms with Crippen molar-refractivity contribution >= 4 is 28.5 Å². The van der Waals surface area contributed by atoms with Gasteiger partial charge in [0.15, 0.2) is 5.84 Å². The maximum Gasteiger partial charge on any atom is 0.275 e. The molecule has 3 aromatic rings. The number of nitrogens with one attached hydrogen (secondary N) is 1. The van der Waals surface area contributed by atoms with Crippen LogP contribution in [0.15, 0.2) is 51.5 Å². The molecule has 156 valence electrons. The van der Waals surface area contributed by atoms with Crippen molar-refractivity contribution < 1.29 is 13.2 Å². The van der Waals surface area contributed by atoms with Crippen LogP contribution in [-0.4, -0.2) is 16.2 Å². The summed E-state index contributed by atoms with van der Waals surface area (Å²) < 4.78 is 44.7. The van der Waals surface area contributed by atoms with Crippen molar-refractivity contribution in [1.82, 2.24) is 4.57 Å². The zero-order valence-electron chi connectivity index (χ0n) is 16.3. The zero-order valence-corrected chi connectivity index (χ0v) is 17.1. The van der Waals surface area contributed by atoms with Gasteiger partial charge in [-0.1, -0.05) is 6.07 Å². The highest BCUT2D eigenvalue weighted by Crippen LogP contribution is 2.44. The fraction of sp³-hybridized carbons (Fsp3) is 0.286. The zero-order chi connectivity index (χ0) is 21.5. The Morgan fingerprint density at radius 3 is 2.80 bits per heavy atom. The Bertz CT molecular complexity index is 1170. The Morgan fingerprint density at radius 2 is 2.07 bits per heavy atom. The number of aromatic nitrogens is 1. The van der Waals surface area contributed by atoms with Gasteiger partial charge in [-0.3, -0.25) is 0 Å². The Balaban J connectivity index is 1.81. The topological polar surface area (TPSA) is 79.5 Å². The predicted molar refractivity (Wildman–Crippen MR) is 112 cm³/mol. The van der Waals surface area contributed by atoms with Crippen molar-refractivity contribution in [3.05, 3.63) is 64.6 Å². The van der Waals surface area contributed by atoms with Crippen LogP contribution in [-0.2, 0) is 18.9 Å². The van der Waals surface area contributed by atoms with E-state index in [1.54, 1.807) is 18.2 Å². The summed E-state index contributed by atoms with van der Waals surface area (Å²) in [5.41, 5.74) is 10.4. The van der Waals surface area contributed by atoms with E-state index < -0.39 is 5.92 Å². The van der Waals surface area contributed by atoms with Gasteiger partial charge in [-0.25, -0.2) is 18.7 Å². The van der Waals surface area contributed by atoms with E-state index in [0.717, 1.165) is 22.3 Å². The molecule has 3 N–H and O–H groups in total. The van der Waals surface area contributed by atoms with Crippen LogP contribution in [0.3, 0.4) is 0 Å². The Kier molecular flexibility index (Phi) is 5.31. The smallest absolute Gasteiger partial charge is 0.275 e. The van der Waals surface area contributed by atoms with Gasteiger partial charge in [0, 0.05) is 39.2 Å². The molecule has 5 nitrogen and oxygen atoms in total. The molecule has 0 saturated heterocycles. The van der Waals surface area contributed by atoms with E-state index in [1.165, 1.54) is 23.9 Å². The van der Waals surface area contributed by atoms with E-state index in [0.29, 0.717) is 22.5 Å². The normalized spacial score (nSPS) is 15.9. The summed E-state index contributed by atoms with van der Waals surface area (Å²) in [7, 11) is 0. The minimum Gasteiger partial charge on any atom is -0.337 e. The van der Waals surface area contributed by atoms with E-state index >= 15 is 0 Å². The van der Waals surface area contributed by atoms with Crippen molar-refractivity contribution in [3.8, 4) is 0 Å². The van der Waals surface area contributed by atoms with Crippen LogP contribution in [0.5, 0.6) is 0 Å². The lowest BCUT2D eigenvalue weighted by Gasteiger charge is -2.25. The number of nitrogens with two attached hydrogens (primary N) is 1. The molecule has 0 atom stereocenters.